The van der Waals surface area contributed by atoms with Crippen LogP contribution in [0.3, 0.4) is 0 Å². The molecule has 0 aliphatic heterocycles. The van der Waals surface area contributed by atoms with E-state index < -0.39 is 0 Å². The SMILES string of the molecule is CCNC(=NCc1ccnc(N(C)C)c1)NCCNC(=O)C1CC1. The molecule has 2 rings (SSSR count). The number of carbonyl (C=O) groups excluding carboxylic acids is 1. The number of guanidine groups is 1. The number of rotatable bonds is 8. The minimum atomic E-state index is 0.173. The molecule has 7 heteroatoms. The first kappa shape index (κ1) is 18.0. The first-order valence-corrected chi connectivity index (χ1v) is 8.52. The molecule has 0 unspecified atom stereocenters. The van der Waals surface area contributed by atoms with E-state index in [1.54, 1.807) is 6.20 Å². The zero-order valence-corrected chi connectivity index (χ0v) is 14.8. The van der Waals surface area contributed by atoms with E-state index in [-0.39, 0.29) is 11.8 Å². The summed E-state index contributed by atoms with van der Waals surface area (Å²) in [4.78, 5) is 22.4. The molecule has 0 radical (unpaired) electrons. The molecule has 7 nitrogen and oxygen atoms in total. The van der Waals surface area contributed by atoms with Crippen LogP contribution in [0, 0.1) is 5.92 Å². The molecule has 3 N–H and O–H groups in total. The summed E-state index contributed by atoms with van der Waals surface area (Å²) in [5.41, 5.74) is 1.10. The van der Waals surface area contributed by atoms with Gasteiger partial charge in [-0.2, -0.15) is 0 Å². The molecule has 1 fully saturated rings. The van der Waals surface area contributed by atoms with Crippen LogP contribution in [0.15, 0.2) is 23.3 Å². The number of hydrogen-bond donors (Lipinski definition) is 3. The lowest BCUT2D eigenvalue weighted by Crippen LogP contribution is -2.41. The van der Waals surface area contributed by atoms with Crippen molar-refractivity contribution in [2.24, 2.45) is 10.9 Å². The number of aromatic nitrogens is 1. The van der Waals surface area contributed by atoms with Gasteiger partial charge in [0.25, 0.3) is 0 Å². The Labute approximate surface area is 143 Å². The molecular formula is C17H28N6O. The van der Waals surface area contributed by atoms with E-state index >= 15 is 0 Å². The van der Waals surface area contributed by atoms with Crippen molar-refractivity contribution >= 4 is 17.7 Å². The number of nitrogens with zero attached hydrogens (tertiary/aromatic N) is 3. The Morgan fingerprint density at radius 1 is 1.29 bits per heavy atom. The predicted octanol–water partition coefficient (Wildman–Crippen LogP) is 0.729. The Bertz CT molecular complexity index is 568. The van der Waals surface area contributed by atoms with Crippen molar-refractivity contribution in [3.8, 4) is 0 Å². The molecule has 0 spiro atoms. The van der Waals surface area contributed by atoms with Crippen molar-refractivity contribution in [1.82, 2.24) is 20.9 Å². The Morgan fingerprint density at radius 3 is 2.71 bits per heavy atom. The van der Waals surface area contributed by atoms with Crippen molar-refractivity contribution in [2.75, 3.05) is 38.6 Å². The first-order chi connectivity index (χ1) is 11.6. The summed E-state index contributed by atoms with van der Waals surface area (Å²) in [5, 5.41) is 9.39. The molecule has 0 aromatic carbocycles. The van der Waals surface area contributed by atoms with Gasteiger partial charge in [0, 0.05) is 45.8 Å². The van der Waals surface area contributed by atoms with Gasteiger partial charge in [0.05, 0.1) is 6.54 Å². The predicted molar refractivity (Wildman–Crippen MR) is 97.1 cm³/mol. The summed E-state index contributed by atoms with van der Waals surface area (Å²) < 4.78 is 0. The van der Waals surface area contributed by atoms with Gasteiger partial charge in [-0.3, -0.25) is 4.79 Å². The van der Waals surface area contributed by atoms with Gasteiger partial charge in [0.15, 0.2) is 5.96 Å². The number of carbonyl (C=O) groups is 1. The van der Waals surface area contributed by atoms with Gasteiger partial charge in [0.1, 0.15) is 5.82 Å². The molecule has 1 aliphatic carbocycles. The third-order valence-corrected chi connectivity index (χ3v) is 3.70. The summed E-state index contributed by atoms with van der Waals surface area (Å²) in [7, 11) is 3.94. The van der Waals surface area contributed by atoms with Crippen LogP contribution in [0.4, 0.5) is 5.82 Å². The Hall–Kier alpha value is -2.31. The highest BCUT2D eigenvalue weighted by Crippen LogP contribution is 2.28. The lowest BCUT2D eigenvalue weighted by atomic mass is 10.2. The van der Waals surface area contributed by atoms with Crippen LogP contribution >= 0.6 is 0 Å². The Balaban J connectivity index is 1.80. The minimum absolute atomic E-state index is 0.173. The normalized spacial score (nSPS) is 14.2. The van der Waals surface area contributed by atoms with Crippen molar-refractivity contribution in [1.29, 1.82) is 0 Å². The quantitative estimate of drug-likeness (QED) is 0.371. The maximum Gasteiger partial charge on any atom is 0.223 e. The number of aliphatic imine (C=N–C) groups is 1. The van der Waals surface area contributed by atoms with E-state index in [1.807, 2.05) is 38.1 Å². The van der Waals surface area contributed by atoms with Crippen molar-refractivity contribution < 1.29 is 4.79 Å². The summed E-state index contributed by atoms with van der Waals surface area (Å²) in [6.45, 7) is 4.67. The molecule has 1 aromatic rings. The Morgan fingerprint density at radius 2 is 2.04 bits per heavy atom. The van der Waals surface area contributed by atoms with Gasteiger partial charge in [-0.25, -0.2) is 9.98 Å². The molecule has 0 bridgehead atoms. The fourth-order valence-corrected chi connectivity index (χ4v) is 2.17. The van der Waals surface area contributed by atoms with Crippen LogP contribution in [-0.4, -0.2) is 50.6 Å². The smallest absolute Gasteiger partial charge is 0.223 e. The molecular weight excluding hydrogens is 304 g/mol. The van der Waals surface area contributed by atoms with Crippen molar-refractivity contribution in [2.45, 2.75) is 26.3 Å². The van der Waals surface area contributed by atoms with Gasteiger partial charge < -0.3 is 20.9 Å². The van der Waals surface area contributed by atoms with Crippen LogP contribution in [-0.2, 0) is 11.3 Å². The molecule has 132 valence electrons. The highest BCUT2D eigenvalue weighted by atomic mass is 16.2. The first-order valence-electron chi connectivity index (χ1n) is 8.52. The zero-order chi connectivity index (χ0) is 17.4. The summed E-state index contributed by atoms with van der Waals surface area (Å²) in [5.74, 6) is 2.10. The van der Waals surface area contributed by atoms with Gasteiger partial charge in [-0.1, -0.05) is 0 Å². The van der Waals surface area contributed by atoms with E-state index in [0.717, 1.165) is 36.7 Å². The summed E-state index contributed by atoms with van der Waals surface area (Å²) >= 11 is 0. The molecule has 1 aromatic heterocycles. The number of amides is 1. The van der Waals surface area contributed by atoms with Gasteiger partial charge in [-0.15, -0.1) is 0 Å². The fraction of sp³-hybridized carbons (Fsp3) is 0.588. The maximum absolute atomic E-state index is 11.6. The van der Waals surface area contributed by atoms with E-state index in [0.29, 0.717) is 19.6 Å². The van der Waals surface area contributed by atoms with E-state index in [9.17, 15) is 4.79 Å². The van der Waals surface area contributed by atoms with Crippen molar-refractivity contribution in [3.63, 3.8) is 0 Å². The highest BCUT2D eigenvalue weighted by Gasteiger charge is 2.28. The minimum Gasteiger partial charge on any atom is -0.363 e. The molecule has 1 amide bonds. The lowest BCUT2D eigenvalue weighted by molar-refractivity contribution is -0.122. The van der Waals surface area contributed by atoms with Gasteiger partial charge in [-0.05, 0) is 37.5 Å². The largest absolute Gasteiger partial charge is 0.363 e. The zero-order valence-electron chi connectivity index (χ0n) is 14.8. The van der Waals surface area contributed by atoms with Gasteiger partial charge >= 0.3 is 0 Å². The van der Waals surface area contributed by atoms with Crippen LogP contribution in [0.1, 0.15) is 25.3 Å². The van der Waals surface area contributed by atoms with E-state index in [1.165, 1.54) is 0 Å². The molecule has 1 saturated carbocycles. The second-order valence-electron chi connectivity index (χ2n) is 6.10. The molecule has 1 aliphatic rings. The number of hydrogen-bond acceptors (Lipinski definition) is 4. The second kappa shape index (κ2) is 9.10. The van der Waals surface area contributed by atoms with Crippen LogP contribution in [0.5, 0.6) is 0 Å². The Kier molecular flexibility index (Phi) is 6.84. The molecule has 0 atom stereocenters. The molecule has 24 heavy (non-hydrogen) atoms. The summed E-state index contributed by atoms with van der Waals surface area (Å²) in [6, 6.07) is 4.00. The number of anilines is 1. The summed E-state index contributed by atoms with van der Waals surface area (Å²) in [6.07, 6.45) is 3.86. The second-order valence-corrected chi connectivity index (χ2v) is 6.10. The van der Waals surface area contributed by atoms with E-state index in [4.69, 9.17) is 0 Å². The van der Waals surface area contributed by atoms with Crippen LogP contribution in [0.25, 0.3) is 0 Å². The number of nitrogens with one attached hydrogen (secondary N) is 3. The third-order valence-electron chi connectivity index (χ3n) is 3.70. The molecule has 0 saturated heterocycles. The standard InChI is InChI=1S/C17H28N6O/c1-4-18-17(21-10-9-20-16(24)14-5-6-14)22-12-13-7-8-19-15(11-13)23(2)3/h7-8,11,14H,4-6,9-10,12H2,1-3H3,(H,20,24)(H2,18,21,22). The topological polar surface area (TPSA) is 81.7 Å². The average molecular weight is 332 g/mol. The van der Waals surface area contributed by atoms with E-state index in [2.05, 4.69) is 25.9 Å². The highest BCUT2D eigenvalue weighted by molar-refractivity contribution is 5.81. The molecule has 1 heterocycles. The third kappa shape index (κ3) is 6.06. The van der Waals surface area contributed by atoms with Crippen molar-refractivity contribution in [3.05, 3.63) is 23.9 Å². The fourth-order valence-electron chi connectivity index (χ4n) is 2.17. The monoisotopic (exact) mass is 332 g/mol. The number of pyridine rings is 1. The van der Waals surface area contributed by atoms with Crippen LogP contribution < -0.4 is 20.9 Å². The maximum atomic E-state index is 11.6. The lowest BCUT2D eigenvalue weighted by Gasteiger charge is -2.13. The average Bonchev–Trinajstić information content (AvgIpc) is 3.41. The van der Waals surface area contributed by atoms with Crippen LogP contribution in [0.2, 0.25) is 0 Å². The van der Waals surface area contributed by atoms with Gasteiger partial charge in [0.2, 0.25) is 5.91 Å².